The maximum Gasteiger partial charge on any atom is 0.276 e. The Hall–Kier alpha value is -2.22. The summed E-state index contributed by atoms with van der Waals surface area (Å²) in [5.41, 5.74) is 1.25. The molecule has 2 amide bonds. The van der Waals surface area contributed by atoms with Crippen LogP contribution in [-0.2, 0) is 11.3 Å². The van der Waals surface area contributed by atoms with E-state index in [-0.39, 0.29) is 29.8 Å². The molecule has 0 bridgehead atoms. The zero-order valence-corrected chi connectivity index (χ0v) is 16.0. The van der Waals surface area contributed by atoms with Gasteiger partial charge < -0.3 is 14.3 Å². The molecule has 4 rings (SSSR count). The van der Waals surface area contributed by atoms with Crippen LogP contribution < -0.4 is 0 Å². The van der Waals surface area contributed by atoms with E-state index in [4.69, 9.17) is 4.52 Å². The van der Waals surface area contributed by atoms with Gasteiger partial charge in [-0.05, 0) is 13.3 Å². The molecule has 2 atom stereocenters. The lowest BCUT2D eigenvalue weighted by molar-refractivity contribution is -0.129. The van der Waals surface area contributed by atoms with Crippen molar-refractivity contribution < 1.29 is 14.1 Å². The van der Waals surface area contributed by atoms with E-state index in [1.165, 1.54) is 0 Å². The van der Waals surface area contributed by atoms with Gasteiger partial charge in [-0.1, -0.05) is 19.0 Å². The first-order valence-corrected chi connectivity index (χ1v) is 9.80. The second kappa shape index (κ2) is 6.50. The molecule has 8 heteroatoms. The van der Waals surface area contributed by atoms with Crippen molar-refractivity contribution in [2.24, 2.45) is 0 Å². The first-order valence-electron chi connectivity index (χ1n) is 8.92. The Labute approximate surface area is 156 Å². The highest BCUT2D eigenvalue weighted by Gasteiger charge is 2.48. The van der Waals surface area contributed by atoms with Crippen molar-refractivity contribution in [1.82, 2.24) is 19.9 Å². The van der Waals surface area contributed by atoms with Gasteiger partial charge in [0.25, 0.3) is 5.91 Å². The van der Waals surface area contributed by atoms with Gasteiger partial charge in [-0.25, -0.2) is 4.98 Å². The number of fused-ring (bicyclic) bond motifs is 1. The van der Waals surface area contributed by atoms with Crippen LogP contribution in [0, 0.1) is 6.92 Å². The molecule has 0 saturated carbocycles. The van der Waals surface area contributed by atoms with Crippen molar-refractivity contribution in [3.8, 4) is 0 Å². The van der Waals surface area contributed by atoms with Gasteiger partial charge in [0.05, 0.1) is 29.3 Å². The number of likely N-dealkylation sites (tertiary alicyclic amines) is 2. The minimum atomic E-state index is -0.146. The summed E-state index contributed by atoms with van der Waals surface area (Å²) in [6.07, 6.45) is 1.16. The summed E-state index contributed by atoms with van der Waals surface area (Å²) >= 11 is 1.59. The SMILES string of the molecule is Cc1nc(CN2C(=O)C[C@H]3[C@@H]2CCN3C(=O)c2cc(C(C)C)on2)cs1. The second-order valence-electron chi connectivity index (χ2n) is 7.27. The van der Waals surface area contributed by atoms with Crippen LogP contribution in [0.15, 0.2) is 16.0 Å². The van der Waals surface area contributed by atoms with Crippen molar-refractivity contribution in [3.05, 3.63) is 33.6 Å². The molecule has 0 radical (unpaired) electrons. The standard InChI is InChI=1S/C18H22N4O3S/c1-10(2)16-6-13(20-25-16)18(24)21-5-4-14-15(21)7-17(23)22(14)8-12-9-26-11(3)19-12/h6,9-10,14-15H,4-5,7-8H2,1-3H3/t14-,15-/m0/s1. The van der Waals surface area contributed by atoms with E-state index in [0.29, 0.717) is 31.0 Å². The van der Waals surface area contributed by atoms with Crippen LogP contribution in [0.4, 0.5) is 0 Å². The fraction of sp³-hybridized carbons (Fsp3) is 0.556. The number of aryl methyl sites for hydroxylation is 1. The Morgan fingerprint density at radius 2 is 2.23 bits per heavy atom. The highest BCUT2D eigenvalue weighted by Crippen LogP contribution is 2.34. The molecule has 2 aromatic heterocycles. The average molecular weight is 374 g/mol. The number of hydrogen-bond acceptors (Lipinski definition) is 6. The van der Waals surface area contributed by atoms with E-state index < -0.39 is 0 Å². The number of amides is 2. The van der Waals surface area contributed by atoms with Crippen LogP contribution in [0.5, 0.6) is 0 Å². The third-order valence-electron chi connectivity index (χ3n) is 5.19. The van der Waals surface area contributed by atoms with Crippen molar-refractivity contribution in [1.29, 1.82) is 0 Å². The lowest BCUT2D eigenvalue weighted by Crippen LogP contribution is -2.39. The Kier molecular flexibility index (Phi) is 4.30. The van der Waals surface area contributed by atoms with Crippen LogP contribution >= 0.6 is 11.3 Å². The zero-order chi connectivity index (χ0) is 18.4. The summed E-state index contributed by atoms with van der Waals surface area (Å²) in [5.74, 6) is 0.825. The molecule has 0 aromatic carbocycles. The first-order chi connectivity index (χ1) is 12.4. The van der Waals surface area contributed by atoms with Gasteiger partial charge in [0, 0.05) is 30.3 Å². The van der Waals surface area contributed by atoms with Crippen molar-refractivity contribution in [2.45, 2.75) is 58.2 Å². The Morgan fingerprint density at radius 1 is 1.42 bits per heavy atom. The molecule has 7 nitrogen and oxygen atoms in total. The minimum absolute atomic E-state index is 0.0601. The summed E-state index contributed by atoms with van der Waals surface area (Å²) < 4.78 is 5.26. The fourth-order valence-corrected chi connectivity index (χ4v) is 4.45. The van der Waals surface area contributed by atoms with Crippen LogP contribution in [0.3, 0.4) is 0 Å². The predicted octanol–water partition coefficient (Wildman–Crippen LogP) is 2.58. The quantitative estimate of drug-likeness (QED) is 0.822. The maximum absolute atomic E-state index is 12.9. The molecule has 2 fully saturated rings. The van der Waals surface area contributed by atoms with Gasteiger partial charge in [-0.15, -0.1) is 11.3 Å². The van der Waals surface area contributed by atoms with E-state index in [2.05, 4.69) is 10.1 Å². The molecule has 2 aliphatic heterocycles. The molecule has 2 saturated heterocycles. The van der Waals surface area contributed by atoms with E-state index in [1.54, 1.807) is 22.3 Å². The molecule has 0 unspecified atom stereocenters. The van der Waals surface area contributed by atoms with Gasteiger partial charge in [0.1, 0.15) is 5.76 Å². The fourth-order valence-electron chi connectivity index (χ4n) is 3.85. The average Bonchev–Trinajstić information content (AvgIpc) is 3.34. The number of hydrogen-bond donors (Lipinski definition) is 0. The molecule has 0 spiro atoms. The predicted molar refractivity (Wildman–Crippen MR) is 95.8 cm³/mol. The number of thiazole rings is 1. The molecule has 2 aromatic rings. The van der Waals surface area contributed by atoms with Crippen molar-refractivity contribution in [2.75, 3.05) is 6.54 Å². The van der Waals surface area contributed by atoms with Gasteiger partial charge in [-0.3, -0.25) is 9.59 Å². The summed E-state index contributed by atoms with van der Waals surface area (Å²) in [4.78, 5) is 33.5. The molecule has 138 valence electrons. The smallest absolute Gasteiger partial charge is 0.276 e. The normalized spacial score (nSPS) is 22.5. The molecule has 4 heterocycles. The van der Waals surface area contributed by atoms with E-state index in [0.717, 1.165) is 17.1 Å². The second-order valence-corrected chi connectivity index (χ2v) is 8.34. The van der Waals surface area contributed by atoms with E-state index >= 15 is 0 Å². The van der Waals surface area contributed by atoms with Crippen LogP contribution in [0.2, 0.25) is 0 Å². The van der Waals surface area contributed by atoms with Crippen molar-refractivity contribution in [3.63, 3.8) is 0 Å². The Morgan fingerprint density at radius 3 is 2.88 bits per heavy atom. The lowest BCUT2D eigenvalue weighted by Gasteiger charge is -2.24. The number of carbonyl (C=O) groups is 2. The third kappa shape index (κ3) is 2.92. The summed E-state index contributed by atoms with van der Waals surface area (Å²) in [6, 6.07) is 1.69. The molecular weight excluding hydrogens is 352 g/mol. The summed E-state index contributed by atoms with van der Waals surface area (Å²) in [7, 11) is 0. The number of nitrogens with zero attached hydrogens (tertiary/aromatic N) is 4. The van der Waals surface area contributed by atoms with E-state index in [1.807, 2.05) is 31.1 Å². The van der Waals surface area contributed by atoms with Gasteiger partial charge >= 0.3 is 0 Å². The largest absolute Gasteiger partial charge is 0.360 e. The van der Waals surface area contributed by atoms with Crippen LogP contribution in [-0.4, -0.2) is 50.4 Å². The highest BCUT2D eigenvalue weighted by atomic mass is 32.1. The molecule has 0 aliphatic carbocycles. The lowest BCUT2D eigenvalue weighted by atomic mass is 10.1. The summed E-state index contributed by atoms with van der Waals surface area (Å²) in [5, 5.41) is 6.93. The monoisotopic (exact) mass is 374 g/mol. The molecule has 0 N–H and O–H groups in total. The Balaban J connectivity index is 1.49. The zero-order valence-electron chi connectivity index (χ0n) is 15.1. The Bertz CT molecular complexity index is 843. The maximum atomic E-state index is 12.9. The minimum Gasteiger partial charge on any atom is -0.360 e. The highest BCUT2D eigenvalue weighted by molar-refractivity contribution is 7.09. The number of rotatable bonds is 4. The topological polar surface area (TPSA) is 79.5 Å². The van der Waals surface area contributed by atoms with Crippen molar-refractivity contribution >= 4 is 23.2 Å². The third-order valence-corrected chi connectivity index (χ3v) is 6.01. The molecular formula is C18H22N4O3S. The van der Waals surface area contributed by atoms with Crippen LogP contribution in [0.25, 0.3) is 0 Å². The van der Waals surface area contributed by atoms with Crippen LogP contribution in [0.1, 0.15) is 59.6 Å². The van der Waals surface area contributed by atoms with Gasteiger partial charge in [0.2, 0.25) is 5.91 Å². The molecule has 2 aliphatic rings. The van der Waals surface area contributed by atoms with Gasteiger partial charge in [0.15, 0.2) is 5.69 Å². The van der Waals surface area contributed by atoms with Gasteiger partial charge in [-0.2, -0.15) is 0 Å². The summed E-state index contributed by atoms with van der Waals surface area (Å²) in [6.45, 7) is 7.11. The molecule has 26 heavy (non-hydrogen) atoms. The number of aromatic nitrogens is 2. The number of carbonyl (C=O) groups excluding carboxylic acids is 2. The first kappa shape index (κ1) is 17.2. The van der Waals surface area contributed by atoms with E-state index in [9.17, 15) is 9.59 Å².